The Balaban J connectivity index is 1.63. The fraction of sp³-hybridized carbons (Fsp3) is 0.150. The quantitative estimate of drug-likeness (QED) is 0.359. The van der Waals surface area contributed by atoms with Crippen LogP contribution in [0.1, 0.15) is 16.8 Å². The van der Waals surface area contributed by atoms with Gasteiger partial charge in [-0.05, 0) is 49.7 Å². The monoisotopic (exact) mass is 427 g/mol. The Bertz CT molecular complexity index is 971. The highest BCUT2D eigenvalue weighted by molar-refractivity contribution is 9.10. The summed E-state index contributed by atoms with van der Waals surface area (Å²) in [5, 5.41) is 5.09. The number of thioether (sulfide) groups is 1. The molecule has 1 aromatic heterocycles. The van der Waals surface area contributed by atoms with Crippen LogP contribution in [0.4, 0.5) is 0 Å². The Labute approximate surface area is 165 Å². The molecule has 1 amide bonds. The number of hydrogen-bond donors (Lipinski definition) is 1. The summed E-state index contributed by atoms with van der Waals surface area (Å²) in [7, 11) is 0. The second kappa shape index (κ2) is 8.47. The molecule has 0 spiro atoms. The Hall–Kier alpha value is -2.18. The first kappa shape index (κ1) is 18.6. The molecule has 2 aromatic carbocycles. The van der Waals surface area contributed by atoms with Crippen molar-refractivity contribution < 1.29 is 4.79 Å². The maximum atomic E-state index is 12.1. The Morgan fingerprint density at radius 3 is 2.73 bits per heavy atom. The summed E-state index contributed by atoms with van der Waals surface area (Å²) in [5.41, 5.74) is 6.56. The molecule has 3 rings (SSSR count). The minimum absolute atomic E-state index is 0.140. The van der Waals surface area contributed by atoms with Crippen LogP contribution < -0.4 is 5.43 Å². The van der Waals surface area contributed by atoms with E-state index in [1.807, 2.05) is 49.4 Å². The van der Waals surface area contributed by atoms with Gasteiger partial charge in [0.2, 0.25) is 5.91 Å². The number of hydrogen-bond acceptors (Lipinski definition) is 4. The van der Waals surface area contributed by atoms with Crippen LogP contribution in [0.3, 0.4) is 0 Å². The molecule has 4 nitrogen and oxygen atoms in total. The average Bonchev–Trinajstić information content (AvgIpc) is 2.62. The van der Waals surface area contributed by atoms with Crippen molar-refractivity contribution in [3.63, 3.8) is 0 Å². The van der Waals surface area contributed by atoms with Gasteiger partial charge in [0.25, 0.3) is 0 Å². The molecular weight excluding hydrogens is 410 g/mol. The van der Waals surface area contributed by atoms with Gasteiger partial charge in [-0.1, -0.05) is 39.7 Å². The van der Waals surface area contributed by atoms with Gasteiger partial charge in [0.1, 0.15) is 0 Å². The van der Waals surface area contributed by atoms with Crippen LogP contribution in [-0.4, -0.2) is 22.9 Å². The van der Waals surface area contributed by atoms with Gasteiger partial charge in [0.05, 0.1) is 17.5 Å². The van der Waals surface area contributed by atoms with E-state index in [1.165, 1.54) is 17.3 Å². The molecule has 0 fully saturated rings. The van der Waals surface area contributed by atoms with E-state index < -0.39 is 0 Å². The average molecular weight is 428 g/mol. The molecule has 6 heteroatoms. The molecule has 0 aliphatic carbocycles. The number of hydrazone groups is 1. The molecule has 1 heterocycles. The predicted octanol–water partition coefficient (Wildman–Crippen LogP) is 4.86. The Morgan fingerprint density at radius 2 is 1.96 bits per heavy atom. The highest BCUT2D eigenvalue weighted by Crippen LogP contribution is 2.28. The van der Waals surface area contributed by atoms with Crippen molar-refractivity contribution in [2.75, 3.05) is 5.75 Å². The van der Waals surface area contributed by atoms with E-state index in [1.54, 1.807) is 6.21 Å². The van der Waals surface area contributed by atoms with Crippen LogP contribution in [0.2, 0.25) is 0 Å². The first-order valence-electron chi connectivity index (χ1n) is 8.09. The third kappa shape index (κ3) is 4.93. The third-order valence-corrected chi connectivity index (χ3v) is 5.27. The van der Waals surface area contributed by atoms with Crippen molar-refractivity contribution in [2.45, 2.75) is 18.7 Å². The number of carbonyl (C=O) groups excluding carboxylic acids is 1. The SMILES string of the molecule is Cc1ccc2nc(C)cc(SCC(=O)NN=Cc3ccc(Br)cc3)c2c1. The highest BCUT2D eigenvalue weighted by atomic mass is 79.9. The van der Waals surface area contributed by atoms with E-state index in [4.69, 9.17) is 0 Å². The summed E-state index contributed by atoms with van der Waals surface area (Å²) < 4.78 is 1.00. The van der Waals surface area contributed by atoms with E-state index in [0.29, 0.717) is 5.75 Å². The summed E-state index contributed by atoms with van der Waals surface area (Å²) >= 11 is 4.88. The van der Waals surface area contributed by atoms with Gasteiger partial charge in [-0.15, -0.1) is 11.8 Å². The van der Waals surface area contributed by atoms with Crippen LogP contribution in [0.15, 0.2) is 63.0 Å². The predicted molar refractivity (Wildman–Crippen MR) is 112 cm³/mol. The van der Waals surface area contributed by atoms with E-state index in [0.717, 1.165) is 31.5 Å². The van der Waals surface area contributed by atoms with Crippen LogP contribution in [0, 0.1) is 13.8 Å². The van der Waals surface area contributed by atoms with Gasteiger partial charge in [-0.3, -0.25) is 9.78 Å². The van der Waals surface area contributed by atoms with Gasteiger partial charge < -0.3 is 0 Å². The van der Waals surface area contributed by atoms with Crippen LogP contribution in [0.25, 0.3) is 10.9 Å². The topological polar surface area (TPSA) is 54.4 Å². The van der Waals surface area contributed by atoms with Gasteiger partial charge >= 0.3 is 0 Å². The number of nitrogens with one attached hydrogen (secondary N) is 1. The van der Waals surface area contributed by atoms with Crippen molar-refractivity contribution in [2.24, 2.45) is 5.10 Å². The molecule has 0 aliphatic rings. The molecule has 0 bridgehead atoms. The van der Waals surface area contributed by atoms with Crippen molar-refractivity contribution in [3.05, 3.63) is 69.8 Å². The van der Waals surface area contributed by atoms with E-state index in [9.17, 15) is 4.79 Å². The summed E-state index contributed by atoms with van der Waals surface area (Å²) in [6.45, 7) is 4.02. The standard InChI is InChI=1S/C20H18BrN3OS/c1-13-3-8-18-17(9-13)19(10-14(2)23-18)26-12-20(25)24-22-11-15-4-6-16(21)7-5-15/h3-11H,12H2,1-2H3,(H,24,25). The number of aryl methyl sites for hydroxylation is 2. The lowest BCUT2D eigenvalue weighted by atomic mass is 10.1. The van der Waals surface area contributed by atoms with Crippen molar-refractivity contribution in [1.82, 2.24) is 10.4 Å². The minimum Gasteiger partial charge on any atom is -0.272 e. The van der Waals surface area contributed by atoms with Gasteiger partial charge in [-0.2, -0.15) is 5.10 Å². The zero-order valence-electron chi connectivity index (χ0n) is 14.5. The minimum atomic E-state index is -0.140. The summed E-state index contributed by atoms with van der Waals surface area (Å²) in [6, 6.07) is 15.9. The fourth-order valence-electron chi connectivity index (χ4n) is 2.46. The molecule has 0 unspecified atom stereocenters. The zero-order valence-corrected chi connectivity index (χ0v) is 16.9. The van der Waals surface area contributed by atoms with E-state index in [-0.39, 0.29) is 5.91 Å². The number of nitrogens with zero attached hydrogens (tertiary/aromatic N) is 2. The first-order chi connectivity index (χ1) is 12.5. The number of benzene rings is 2. The molecular formula is C20H18BrN3OS. The fourth-order valence-corrected chi connectivity index (χ4v) is 3.65. The Morgan fingerprint density at radius 1 is 1.19 bits per heavy atom. The molecule has 0 saturated carbocycles. The molecule has 3 aromatic rings. The van der Waals surface area contributed by atoms with Crippen molar-refractivity contribution >= 4 is 50.7 Å². The van der Waals surface area contributed by atoms with Gasteiger partial charge in [0.15, 0.2) is 0 Å². The number of pyridine rings is 1. The largest absolute Gasteiger partial charge is 0.272 e. The van der Waals surface area contributed by atoms with E-state index in [2.05, 4.69) is 44.4 Å². The van der Waals surface area contributed by atoms with Gasteiger partial charge in [-0.25, -0.2) is 5.43 Å². The number of carbonyl (C=O) groups is 1. The number of aromatic nitrogens is 1. The maximum Gasteiger partial charge on any atom is 0.250 e. The third-order valence-electron chi connectivity index (χ3n) is 3.69. The maximum absolute atomic E-state index is 12.1. The van der Waals surface area contributed by atoms with Crippen LogP contribution in [0.5, 0.6) is 0 Å². The van der Waals surface area contributed by atoms with Crippen molar-refractivity contribution in [3.8, 4) is 0 Å². The van der Waals surface area contributed by atoms with Crippen LogP contribution in [-0.2, 0) is 4.79 Å². The number of rotatable bonds is 5. The van der Waals surface area contributed by atoms with E-state index >= 15 is 0 Å². The molecule has 132 valence electrons. The number of halogens is 1. The second-order valence-electron chi connectivity index (χ2n) is 5.92. The molecule has 1 N–H and O–H groups in total. The lowest BCUT2D eigenvalue weighted by Gasteiger charge is -2.08. The summed E-state index contributed by atoms with van der Waals surface area (Å²) in [4.78, 5) is 17.7. The summed E-state index contributed by atoms with van der Waals surface area (Å²) in [5.74, 6) is 0.156. The van der Waals surface area contributed by atoms with Crippen LogP contribution >= 0.6 is 27.7 Å². The highest BCUT2D eigenvalue weighted by Gasteiger charge is 2.08. The molecule has 0 radical (unpaired) electrons. The Kier molecular flexibility index (Phi) is 6.06. The van der Waals surface area contributed by atoms with Crippen molar-refractivity contribution in [1.29, 1.82) is 0 Å². The lowest BCUT2D eigenvalue weighted by molar-refractivity contribution is -0.118. The lowest BCUT2D eigenvalue weighted by Crippen LogP contribution is -2.19. The second-order valence-corrected chi connectivity index (χ2v) is 7.85. The number of amides is 1. The van der Waals surface area contributed by atoms with Gasteiger partial charge in [0, 0.05) is 20.4 Å². The molecule has 0 aliphatic heterocycles. The summed E-state index contributed by atoms with van der Waals surface area (Å²) in [6.07, 6.45) is 1.63. The molecule has 0 saturated heterocycles. The normalized spacial score (nSPS) is 11.2. The molecule has 26 heavy (non-hydrogen) atoms. The first-order valence-corrected chi connectivity index (χ1v) is 9.87. The zero-order chi connectivity index (χ0) is 18.5. The smallest absolute Gasteiger partial charge is 0.250 e. The number of fused-ring (bicyclic) bond motifs is 1. The molecule has 0 atom stereocenters.